The molecule has 12 rings (SSSR count). The van der Waals surface area contributed by atoms with Crippen LogP contribution in [-0.4, -0.2) is 115 Å². The third kappa shape index (κ3) is 15.5. The minimum atomic E-state index is -0.464. The molecule has 14 heteroatoms. The Morgan fingerprint density at radius 1 is 0.505 bits per heavy atom. The van der Waals surface area contributed by atoms with Crippen LogP contribution in [0.25, 0.3) is 0 Å². The molecule has 17 atom stereocenters. The van der Waals surface area contributed by atoms with Crippen LogP contribution < -0.4 is 14.2 Å². The lowest BCUT2D eigenvalue weighted by Crippen LogP contribution is -2.63. The fraction of sp³-hybridized carbons (Fsp3) is 0.734. The van der Waals surface area contributed by atoms with Crippen molar-refractivity contribution < 1.29 is 52.8 Å². The Balaban J connectivity index is 0.000000158. The van der Waals surface area contributed by atoms with E-state index in [4.69, 9.17) is 42.6 Å². The number of aliphatic hydroxyl groups is 2. The van der Waals surface area contributed by atoms with Crippen LogP contribution in [-0.2, 0) is 28.4 Å². The maximum atomic E-state index is 10.5. The SMILES string of the molecule is C=C1CCC2[C@](C)(CO)[C@H](O)CC[C@@]2(C)[C@@H]1CCOc1ccncc1.C=C1CCC2[C@]3(C)COC(C)(C)O[C@@H]3CC[C@@]2(C)[C@@H]1CCOc1ccncc1.C=C1CCC2[C@]3(C)C[C@]4(C)COC(C)(C)O[C@@H]4CC3CC[C@@]2(C)[C@@H]1CCOc1ccncc1.COC(C)(C)OC. The number of hydrogen-bond acceptors (Lipinski definition) is 14. The number of allylic oxidation sites excluding steroid dienone is 3. The molecule has 0 aromatic carbocycles. The van der Waals surface area contributed by atoms with E-state index < -0.39 is 28.9 Å². The summed E-state index contributed by atoms with van der Waals surface area (Å²) >= 11 is 0. The van der Waals surface area contributed by atoms with Crippen molar-refractivity contribution in [3.05, 3.63) is 110 Å². The van der Waals surface area contributed by atoms with Gasteiger partial charge in [-0.1, -0.05) is 84.9 Å². The van der Waals surface area contributed by atoms with Crippen molar-refractivity contribution in [2.45, 2.75) is 235 Å². The van der Waals surface area contributed by atoms with Gasteiger partial charge in [0.25, 0.3) is 0 Å². The van der Waals surface area contributed by atoms with Crippen LogP contribution in [0.5, 0.6) is 17.2 Å². The lowest BCUT2D eigenvalue weighted by molar-refractivity contribution is -0.344. The molecule has 9 fully saturated rings. The standard InChI is InChI=1S/C29H43NO3.C24H35NO3.C21H31NO3.C5H12O2/c1-20-7-8-24-28(5,23(20)12-16-31-22-10-14-30-15-11-22)13-9-21-17-25-27(4,18-29(21,24)6)19-32-26(2,3)33-25;1-17-6-7-20-23(4,19(17)11-15-26-18-9-13-25-14-10-18)12-8-21-24(20,5)16-27-22(2,3)28-21;1-15-4-5-18-20(2,10-6-19(24)21(18,3)14-23)17(15)9-13-25-16-7-11-22-12-8-16;1-5(2,6-3)7-4/h10-11,14-15,21,23-25H,1,7-9,12-13,16-19H2,2-6H3;9-10,13-14,19-21H,1,6-8,11-12,15-16H2,2-5H3;7-8,11-12,17-19,23-24H,1,4-6,9-10,13-14H2,2-3H3;1-4H3/t21?,23-,24?,25-,27-,28+,29-;19-,20?,21-,23+,24+;17-,18?,19-,20+,21+;/m111./s1. The number of ether oxygens (including phenoxy) is 9. The molecule has 7 aliphatic carbocycles. The van der Waals surface area contributed by atoms with E-state index in [2.05, 4.69) is 97.0 Å². The summed E-state index contributed by atoms with van der Waals surface area (Å²) in [6.07, 6.45) is 29.5. The predicted molar refractivity (Wildman–Crippen MR) is 367 cm³/mol. The molecule has 9 aliphatic rings. The Kier molecular flexibility index (Phi) is 22.8. The second kappa shape index (κ2) is 29.1. The Labute approximate surface area is 560 Å². The van der Waals surface area contributed by atoms with Crippen LogP contribution in [0.3, 0.4) is 0 Å². The van der Waals surface area contributed by atoms with Crippen LogP contribution in [0.4, 0.5) is 0 Å². The number of aliphatic hydroxyl groups excluding tert-OH is 2. The van der Waals surface area contributed by atoms with Crippen molar-refractivity contribution in [1.82, 2.24) is 15.0 Å². The quantitative estimate of drug-likeness (QED) is 0.109. The van der Waals surface area contributed by atoms with Crippen LogP contribution >= 0.6 is 0 Å². The van der Waals surface area contributed by atoms with Crippen molar-refractivity contribution in [3.8, 4) is 17.2 Å². The fourth-order valence-electron chi connectivity index (χ4n) is 20.4. The third-order valence-corrected chi connectivity index (χ3v) is 26.0. The summed E-state index contributed by atoms with van der Waals surface area (Å²) in [6, 6.07) is 11.5. The molecule has 0 radical (unpaired) electrons. The zero-order valence-electron chi connectivity index (χ0n) is 60.0. The van der Waals surface area contributed by atoms with Gasteiger partial charge in [-0.2, -0.15) is 0 Å². The van der Waals surface area contributed by atoms with Gasteiger partial charge in [0.2, 0.25) is 0 Å². The summed E-state index contributed by atoms with van der Waals surface area (Å²) in [6.45, 7) is 46.0. The number of nitrogens with zero attached hydrogens (tertiary/aromatic N) is 3. The average Bonchev–Trinajstić information content (AvgIpc) is 0.715. The summed E-state index contributed by atoms with van der Waals surface area (Å²) in [4.78, 5) is 12.2. The van der Waals surface area contributed by atoms with E-state index in [0.29, 0.717) is 59.0 Å². The number of fused-ring (bicyclic) bond motifs is 8. The number of hydrogen-bond donors (Lipinski definition) is 2. The molecule has 14 nitrogen and oxygen atoms in total. The molecule has 3 aromatic rings. The lowest BCUT2D eigenvalue weighted by atomic mass is 9.40. The van der Waals surface area contributed by atoms with E-state index in [-0.39, 0.29) is 34.4 Å². The smallest absolute Gasteiger partial charge is 0.163 e. The molecule has 2 aliphatic heterocycles. The van der Waals surface area contributed by atoms with Crippen LogP contribution in [0, 0.1) is 79.3 Å². The average molecular weight is 1290 g/mol. The van der Waals surface area contributed by atoms with Gasteiger partial charge in [-0.25, -0.2) is 0 Å². The van der Waals surface area contributed by atoms with Crippen LogP contribution in [0.1, 0.15) is 199 Å². The van der Waals surface area contributed by atoms with Gasteiger partial charge in [0.1, 0.15) is 17.2 Å². The van der Waals surface area contributed by atoms with E-state index in [1.807, 2.05) is 64.1 Å². The zero-order valence-corrected chi connectivity index (χ0v) is 60.0. The van der Waals surface area contributed by atoms with Gasteiger partial charge < -0.3 is 52.8 Å². The van der Waals surface area contributed by atoms with Gasteiger partial charge in [-0.15, -0.1) is 0 Å². The first-order valence-electron chi connectivity index (χ1n) is 35.5. The highest BCUT2D eigenvalue weighted by molar-refractivity contribution is 5.24. The van der Waals surface area contributed by atoms with E-state index in [1.54, 1.807) is 51.4 Å². The molecule has 0 amide bonds. The van der Waals surface area contributed by atoms with Gasteiger partial charge in [-0.3, -0.25) is 15.0 Å². The topological polar surface area (TPSA) is 162 Å². The molecule has 93 heavy (non-hydrogen) atoms. The molecule has 0 spiro atoms. The van der Waals surface area contributed by atoms with Crippen molar-refractivity contribution in [2.24, 2.45) is 79.3 Å². The van der Waals surface area contributed by atoms with Crippen LogP contribution in [0.15, 0.2) is 110 Å². The molecule has 5 heterocycles. The third-order valence-electron chi connectivity index (χ3n) is 26.0. The molecule has 0 bridgehead atoms. The number of methoxy groups -OCH3 is 2. The second-order valence-electron chi connectivity index (χ2n) is 32.9. The highest BCUT2D eigenvalue weighted by Gasteiger charge is 2.65. The predicted octanol–water partition coefficient (Wildman–Crippen LogP) is 16.8. The molecular weight excluding hydrogens is 1170 g/mol. The van der Waals surface area contributed by atoms with Crippen molar-refractivity contribution in [2.75, 3.05) is 53.9 Å². The summed E-state index contributed by atoms with van der Waals surface area (Å²) in [5.41, 5.74) is 4.83. The first kappa shape index (κ1) is 73.0. The highest BCUT2D eigenvalue weighted by atomic mass is 16.7. The fourth-order valence-corrected chi connectivity index (χ4v) is 20.4. The summed E-state index contributed by atoms with van der Waals surface area (Å²) in [5, 5.41) is 20.6. The van der Waals surface area contributed by atoms with E-state index in [0.717, 1.165) is 114 Å². The van der Waals surface area contributed by atoms with Gasteiger partial charge in [0, 0.05) is 67.6 Å². The zero-order chi connectivity index (χ0) is 67.5. The van der Waals surface area contributed by atoms with E-state index >= 15 is 0 Å². The Bertz CT molecular complexity index is 2940. The number of rotatable bonds is 15. The van der Waals surface area contributed by atoms with Gasteiger partial charge in [-0.05, 0) is 250 Å². The highest BCUT2D eigenvalue weighted by Crippen LogP contribution is 2.70. The summed E-state index contributed by atoms with van der Waals surface area (Å²) < 4.78 is 53.0. The Morgan fingerprint density at radius 3 is 1.32 bits per heavy atom. The normalized spacial score (nSPS) is 38.9. The molecule has 518 valence electrons. The molecule has 3 aromatic heterocycles. The maximum Gasteiger partial charge on any atom is 0.163 e. The molecule has 2 saturated heterocycles. The van der Waals surface area contributed by atoms with Crippen molar-refractivity contribution >= 4 is 0 Å². The second-order valence-corrected chi connectivity index (χ2v) is 32.9. The first-order chi connectivity index (χ1) is 43.8. The molecule has 2 N–H and O–H groups in total. The summed E-state index contributed by atoms with van der Waals surface area (Å²) in [5.74, 6) is 5.05. The minimum Gasteiger partial charge on any atom is -0.493 e. The molecule has 7 saturated carbocycles. The number of pyridine rings is 3. The van der Waals surface area contributed by atoms with E-state index in [1.165, 1.54) is 61.7 Å². The van der Waals surface area contributed by atoms with Crippen molar-refractivity contribution in [1.29, 1.82) is 0 Å². The van der Waals surface area contributed by atoms with E-state index in [9.17, 15) is 10.2 Å². The molecular formula is C79H121N3O11. The van der Waals surface area contributed by atoms with Crippen LogP contribution in [0.2, 0.25) is 0 Å². The van der Waals surface area contributed by atoms with Gasteiger partial charge in [0.15, 0.2) is 17.4 Å². The van der Waals surface area contributed by atoms with Gasteiger partial charge >= 0.3 is 0 Å². The lowest BCUT2D eigenvalue weighted by Gasteiger charge is -2.67. The Hall–Kier alpha value is -4.25. The monoisotopic (exact) mass is 1290 g/mol. The first-order valence-corrected chi connectivity index (χ1v) is 35.5. The summed E-state index contributed by atoms with van der Waals surface area (Å²) in [7, 11) is 3.23. The largest absolute Gasteiger partial charge is 0.493 e. The van der Waals surface area contributed by atoms with Gasteiger partial charge in [0.05, 0.1) is 58.0 Å². The Morgan fingerprint density at radius 2 is 0.892 bits per heavy atom. The van der Waals surface area contributed by atoms with Crippen molar-refractivity contribution in [3.63, 3.8) is 0 Å². The maximum absolute atomic E-state index is 10.5. The molecule has 4 unspecified atom stereocenters. The minimum absolute atomic E-state index is 0.0428. The number of aromatic nitrogens is 3.